The Bertz CT molecular complexity index is 451. The van der Waals surface area contributed by atoms with Gasteiger partial charge in [-0.25, -0.2) is 0 Å². The quantitative estimate of drug-likeness (QED) is 0.706. The Morgan fingerprint density at radius 1 is 0.588 bits per heavy atom. The molecule has 0 heterocycles. The van der Waals surface area contributed by atoms with E-state index in [0.29, 0.717) is 0 Å². The molecular weight excluding hydrogens is 223 g/mol. The van der Waals surface area contributed by atoms with E-state index in [2.05, 4.69) is 64.1 Å². The molecule has 0 amide bonds. The van der Waals surface area contributed by atoms with Crippen LogP contribution in [0.25, 0.3) is 0 Å². The SMILES string of the molecule is Cc1cccc(C)c1Pc1c(C)cccc1C. The van der Waals surface area contributed by atoms with E-state index in [1.807, 2.05) is 0 Å². The van der Waals surface area contributed by atoms with Crippen molar-refractivity contribution in [2.45, 2.75) is 27.7 Å². The van der Waals surface area contributed by atoms with Crippen LogP contribution in [0.1, 0.15) is 22.3 Å². The minimum absolute atomic E-state index is 0.772. The lowest BCUT2D eigenvalue weighted by Gasteiger charge is -2.14. The van der Waals surface area contributed by atoms with Gasteiger partial charge >= 0.3 is 0 Å². The molecule has 0 aromatic heterocycles. The normalized spacial score (nSPS) is 10.6. The third-order valence-corrected chi connectivity index (χ3v) is 5.29. The average molecular weight is 242 g/mol. The highest BCUT2D eigenvalue weighted by Crippen LogP contribution is 2.20. The molecule has 0 nitrogen and oxygen atoms in total. The number of hydrogen-bond donors (Lipinski definition) is 0. The van der Waals surface area contributed by atoms with Crippen molar-refractivity contribution in [3.05, 3.63) is 58.7 Å². The highest BCUT2D eigenvalue weighted by atomic mass is 31.1. The smallest absolute Gasteiger partial charge is 0.0168 e. The van der Waals surface area contributed by atoms with E-state index < -0.39 is 0 Å². The number of aryl methyl sites for hydroxylation is 4. The molecule has 17 heavy (non-hydrogen) atoms. The summed E-state index contributed by atoms with van der Waals surface area (Å²) in [5.41, 5.74) is 5.63. The fourth-order valence-corrected chi connectivity index (χ4v) is 3.52. The van der Waals surface area contributed by atoms with E-state index in [9.17, 15) is 0 Å². The van der Waals surface area contributed by atoms with Crippen LogP contribution >= 0.6 is 8.58 Å². The molecule has 2 aromatic rings. The van der Waals surface area contributed by atoms with E-state index in [-0.39, 0.29) is 0 Å². The zero-order valence-electron chi connectivity index (χ0n) is 11.0. The maximum atomic E-state index is 2.21. The fourth-order valence-electron chi connectivity index (χ4n) is 2.15. The first kappa shape index (κ1) is 12.3. The van der Waals surface area contributed by atoms with Crippen LogP contribution in [0.4, 0.5) is 0 Å². The zero-order valence-corrected chi connectivity index (χ0v) is 12.0. The number of rotatable bonds is 2. The largest absolute Gasteiger partial charge is 0.0617 e. The molecule has 0 unspecified atom stereocenters. The van der Waals surface area contributed by atoms with Crippen molar-refractivity contribution in [1.82, 2.24) is 0 Å². The molecule has 0 N–H and O–H groups in total. The Kier molecular flexibility index (Phi) is 3.64. The monoisotopic (exact) mass is 242 g/mol. The number of hydrogen-bond acceptors (Lipinski definition) is 0. The van der Waals surface area contributed by atoms with Crippen molar-refractivity contribution in [3.63, 3.8) is 0 Å². The van der Waals surface area contributed by atoms with Gasteiger partial charge in [0, 0.05) is 0 Å². The van der Waals surface area contributed by atoms with Gasteiger partial charge in [0.1, 0.15) is 0 Å². The van der Waals surface area contributed by atoms with Gasteiger partial charge in [-0.05, 0) is 60.6 Å². The number of benzene rings is 2. The molecule has 0 aliphatic heterocycles. The van der Waals surface area contributed by atoms with Crippen molar-refractivity contribution >= 4 is 19.2 Å². The lowest BCUT2D eigenvalue weighted by molar-refractivity contribution is 1.42. The molecule has 1 heteroatoms. The summed E-state index contributed by atoms with van der Waals surface area (Å²) in [5, 5.41) is 3.01. The molecule has 0 spiro atoms. The fraction of sp³-hybridized carbons (Fsp3) is 0.250. The summed E-state index contributed by atoms with van der Waals surface area (Å²) < 4.78 is 0. The summed E-state index contributed by atoms with van der Waals surface area (Å²) in [6, 6.07) is 13.1. The van der Waals surface area contributed by atoms with Crippen LogP contribution in [0.5, 0.6) is 0 Å². The van der Waals surface area contributed by atoms with E-state index in [1.165, 1.54) is 32.9 Å². The molecule has 0 aliphatic rings. The molecule has 0 aliphatic carbocycles. The minimum atomic E-state index is 0.772. The second-order valence-corrected chi connectivity index (χ2v) is 5.91. The molecular formula is C16H19P. The Labute approximate surface area is 106 Å². The topological polar surface area (TPSA) is 0 Å². The second-order valence-electron chi connectivity index (χ2n) is 4.66. The Morgan fingerprint density at radius 3 is 1.18 bits per heavy atom. The Balaban J connectivity index is 2.45. The van der Waals surface area contributed by atoms with E-state index in [1.54, 1.807) is 0 Å². The van der Waals surface area contributed by atoms with Crippen LogP contribution < -0.4 is 10.6 Å². The predicted octanol–water partition coefficient (Wildman–Crippen LogP) is 3.55. The van der Waals surface area contributed by atoms with Crippen LogP contribution in [0.15, 0.2) is 36.4 Å². The van der Waals surface area contributed by atoms with Gasteiger partial charge < -0.3 is 0 Å². The van der Waals surface area contributed by atoms with Gasteiger partial charge in [-0.3, -0.25) is 0 Å². The standard InChI is InChI=1S/C16H19P/c1-11-7-5-8-12(2)15(11)17-16-13(3)9-6-10-14(16)4/h5-10,17H,1-4H3. The van der Waals surface area contributed by atoms with Crippen molar-refractivity contribution < 1.29 is 0 Å². The molecule has 2 rings (SSSR count). The molecule has 0 saturated carbocycles. The van der Waals surface area contributed by atoms with Gasteiger partial charge in [-0.15, -0.1) is 0 Å². The van der Waals surface area contributed by atoms with Crippen molar-refractivity contribution in [1.29, 1.82) is 0 Å². The first-order valence-corrected chi connectivity index (χ1v) is 6.99. The van der Waals surface area contributed by atoms with Crippen LogP contribution in [0, 0.1) is 27.7 Å². The lowest BCUT2D eigenvalue weighted by Crippen LogP contribution is -2.14. The lowest BCUT2D eigenvalue weighted by atomic mass is 10.1. The highest BCUT2D eigenvalue weighted by molar-refractivity contribution is 7.56. The average Bonchev–Trinajstić information content (AvgIpc) is 2.27. The summed E-state index contributed by atoms with van der Waals surface area (Å²) in [4.78, 5) is 0. The van der Waals surface area contributed by atoms with Gasteiger partial charge in [0.25, 0.3) is 0 Å². The van der Waals surface area contributed by atoms with Crippen LogP contribution in [0.2, 0.25) is 0 Å². The van der Waals surface area contributed by atoms with Gasteiger partial charge in [0.15, 0.2) is 0 Å². The summed E-state index contributed by atoms with van der Waals surface area (Å²) in [7, 11) is 0.772. The summed E-state index contributed by atoms with van der Waals surface area (Å²) in [6.45, 7) is 8.84. The maximum Gasteiger partial charge on any atom is -0.0168 e. The van der Waals surface area contributed by atoms with Crippen molar-refractivity contribution in [2.24, 2.45) is 0 Å². The van der Waals surface area contributed by atoms with Crippen molar-refractivity contribution in [2.75, 3.05) is 0 Å². The van der Waals surface area contributed by atoms with Gasteiger partial charge in [-0.1, -0.05) is 45.0 Å². The maximum absolute atomic E-state index is 2.21. The molecule has 0 radical (unpaired) electrons. The third kappa shape index (κ3) is 2.58. The summed E-state index contributed by atoms with van der Waals surface area (Å²) in [6.07, 6.45) is 0. The second kappa shape index (κ2) is 5.02. The molecule has 88 valence electrons. The Morgan fingerprint density at radius 2 is 0.882 bits per heavy atom. The van der Waals surface area contributed by atoms with Crippen LogP contribution in [-0.2, 0) is 0 Å². The summed E-state index contributed by atoms with van der Waals surface area (Å²) in [5.74, 6) is 0. The summed E-state index contributed by atoms with van der Waals surface area (Å²) >= 11 is 0. The molecule has 0 fully saturated rings. The first-order chi connectivity index (χ1) is 8.09. The van der Waals surface area contributed by atoms with E-state index in [4.69, 9.17) is 0 Å². The first-order valence-electron chi connectivity index (χ1n) is 5.99. The van der Waals surface area contributed by atoms with E-state index in [0.717, 1.165) is 8.58 Å². The molecule has 0 atom stereocenters. The van der Waals surface area contributed by atoms with Crippen molar-refractivity contribution in [3.8, 4) is 0 Å². The third-order valence-electron chi connectivity index (χ3n) is 3.21. The van der Waals surface area contributed by atoms with Crippen LogP contribution in [0.3, 0.4) is 0 Å². The minimum Gasteiger partial charge on any atom is -0.0617 e. The zero-order chi connectivity index (χ0) is 12.4. The highest BCUT2D eigenvalue weighted by Gasteiger charge is 2.07. The van der Waals surface area contributed by atoms with Crippen LogP contribution in [-0.4, -0.2) is 0 Å². The van der Waals surface area contributed by atoms with E-state index >= 15 is 0 Å². The van der Waals surface area contributed by atoms with Gasteiger partial charge in [0.2, 0.25) is 0 Å². The molecule has 0 saturated heterocycles. The van der Waals surface area contributed by atoms with Gasteiger partial charge in [-0.2, -0.15) is 0 Å². The Hall–Kier alpha value is -1.13. The molecule has 0 bridgehead atoms. The molecule has 2 aromatic carbocycles. The predicted molar refractivity (Wildman–Crippen MR) is 79.4 cm³/mol. The van der Waals surface area contributed by atoms with Gasteiger partial charge in [0.05, 0.1) is 0 Å².